The lowest BCUT2D eigenvalue weighted by Crippen LogP contribution is -2.42. The zero-order chi connectivity index (χ0) is 23.9. The van der Waals surface area contributed by atoms with E-state index in [1.54, 1.807) is 18.2 Å². The topological polar surface area (TPSA) is 74.9 Å². The van der Waals surface area contributed by atoms with Crippen molar-refractivity contribution in [2.24, 2.45) is 0 Å². The average Bonchev–Trinajstić information content (AvgIpc) is 3.18. The van der Waals surface area contributed by atoms with E-state index in [4.69, 9.17) is 9.47 Å². The van der Waals surface area contributed by atoms with Gasteiger partial charge in [-0.05, 0) is 29.7 Å². The Morgan fingerprint density at radius 2 is 1.79 bits per heavy atom. The standard InChI is InChI=1S/C24H22F3N3O4/c25-24(26,27)20-4-2-1-3-18(20)21-11-15-5-6-16(12-19(15)22(31)28-21)30-14-17(34-23(30)32)13-29-7-9-33-10-8-29/h1-6,11-12,17H,7-10,13-14H2,(H,28,31)/t17-/m0/s1. The van der Waals surface area contributed by atoms with E-state index in [2.05, 4.69) is 9.88 Å². The summed E-state index contributed by atoms with van der Waals surface area (Å²) in [5.74, 6) is 0. The number of carbonyl (C=O) groups is 1. The monoisotopic (exact) mass is 473 g/mol. The van der Waals surface area contributed by atoms with Crippen molar-refractivity contribution in [3.05, 3.63) is 64.4 Å². The van der Waals surface area contributed by atoms with Gasteiger partial charge in [0.05, 0.1) is 25.3 Å². The van der Waals surface area contributed by atoms with E-state index in [9.17, 15) is 22.8 Å². The molecule has 2 aliphatic heterocycles. The molecule has 2 aromatic carbocycles. The maximum absolute atomic E-state index is 13.4. The fraction of sp³-hybridized carbons (Fsp3) is 0.333. The Morgan fingerprint density at radius 1 is 1.03 bits per heavy atom. The molecule has 0 bridgehead atoms. The number of morpholine rings is 1. The van der Waals surface area contributed by atoms with Crippen LogP contribution in [0.4, 0.5) is 23.7 Å². The minimum Gasteiger partial charge on any atom is -0.443 e. The second-order valence-electron chi connectivity index (χ2n) is 8.36. The lowest BCUT2D eigenvalue weighted by Gasteiger charge is -2.28. The number of carbonyl (C=O) groups excluding carboxylic acids is 1. The molecule has 2 fully saturated rings. The molecule has 1 aromatic heterocycles. The number of aromatic amines is 1. The molecule has 0 spiro atoms. The number of H-pyrrole nitrogens is 1. The van der Waals surface area contributed by atoms with Gasteiger partial charge in [-0.25, -0.2) is 4.79 Å². The summed E-state index contributed by atoms with van der Waals surface area (Å²) in [5.41, 5.74) is -0.899. The Morgan fingerprint density at radius 3 is 2.56 bits per heavy atom. The van der Waals surface area contributed by atoms with Crippen molar-refractivity contribution in [1.82, 2.24) is 9.88 Å². The number of pyridine rings is 1. The number of amides is 1. The molecule has 1 atom stereocenters. The Kier molecular flexibility index (Phi) is 5.78. The highest BCUT2D eigenvalue weighted by Crippen LogP contribution is 2.36. The van der Waals surface area contributed by atoms with E-state index >= 15 is 0 Å². The Hall–Kier alpha value is -3.37. The van der Waals surface area contributed by atoms with E-state index in [-0.39, 0.29) is 22.7 Å². The number of hydrogen-bond acceptors (Lipinski definition) is 5. The van der Waals surface area contributed by atoms with Crippen molar-refractivity contribution in [1.29, 1.82) is 0 Å². The van der Waals surface area contributed by atoms with Gasteiger partial charge in [-0.3, -0.25) is 14.6 Å². The van der Waals surface area contributed by atoms with Gasteiger partial charge in [0.2, 0.25) is 0 Å². The van der Waals surface area contributed by atoms with Crippen molar-refractivity contribution < 1.29 is 27.4 Å². The highest BCUT2D eigenvalue weighted by atomic mass is 19.4. The molecule has 34 heavy (non-hydrogen) atoms. The molecular formula is C24H22F3N3O4. The van der Waals surface area contributed by atoms with Crippen molar-refractivity contribution in [3.8, 4) is 11.3 Å². The van der Waals surface area contributed by atoms with Gasteiger partial charge in [-0.15, -0.1) is 0 Å². The molecule has 0 unspecified atom stereocenters. The van der Waals surface area contributed by atoms with Gasteiger partial charge < -0.3 is 14.5 Å². The molecule has 0 saturated carbocycles. The first-order chi connectivity index (χ1) is 16.3. The molecule has 178 valence electrons. The average molecular weight is 473 g/mol. The SMILES string of the molecule is O=C1O[C@@H](CN2CCOCC2)CN1c1ccc2cc(-c3ccccc3C(F)(F)F)[nH]c(=O)c2c1. The molecule has 10 heteroatoms. The van der Waals surface area contributed by atoms with Crippen LogP contribution in [0, 0.1) is 0 Å². The number of aromatic nitrogens is 1. The minimum absolute atomic E-state index is 0.0735. The highest BCUT2D eigenvalue weighted by Gasteiger charge is 2.35. The van der Waals surface area contributed by atoms with E-state index in [1.165, 1.54) is 29.2 Å². The highest BCUT2D eigenvalue weighted by molar-refractivity contribution is 5.94. The van der Waals surface area contributed by atoms with E-state index in [0.717, 1.165) is 19.2 Å². The summed E-state index contributed by atoms with van der Waals surface area (Å²) in [6.07, 6.45) is -5.36. The number of benzene rings is 2. The summed E-state index contributed by atoms with van der Waals surface area (Å²) in [7, 11) is 0. The van der Waals surface area contributed by atoms with E-state index in [1.807, 2.05) is 0 Å². The molecule has 1 amide bonds. The van der Waals surface area contributed by atoms with E-state index < -0.39 is 23.4 Å². The molecule has 5 rings (SSSR count). The number of cyclic esters (lactones) is 1. The maximum atomic E-state index is 13.4. The van der Waals surface area contributed by atoms with Gasteiger partial charge in [0.1, 0.15) is 6.10 Å². The molecule has 2 aliphatic rings. The van der Waals surface area contributed by atoms with Crippen LogP contribution in [0.15, 0.2) is 53.3 Å². The van der Waals surface area contributed by atoms with Crippen molar-refractivity contribution in [2.45, 2.75) is 12.3 Å². The number of nitrogens with zero attached hydrogens (tertiary/aromatic N) is 2. The third-order valence-corrected chi connectivity index (χ3v) is 6.10. The summed E-state index contributed by atoms with van der Waals surface area (Å²) in [5, 5.41) is 0.743. The van der Waals surface area contributed by atoms with Crippen LogP contribution in [0.5, 0.6) is 0 Å². The lowest BCUT2D eigenvalue weighted by molar-refractivity contribution is -0.137. The van der Waals surface area contributed by atoms with Crippen LogP contribution in [-0.4, -0.2) is 61.5 Å². The summed E-state index contributed by atoms with van der Waals surface area (Å²) in [6.45, 7) is 3.79. The van der Waals surface area contributed by atoms with Gasteiger partial charge in [-0.2, -0.15) is 13.2 Å². The normalized spacial score (nSPS) is 19.6. The summed E-state index contributed by atoms with van der Waals surface area (Å²) < 4.78 is 51.2. The van der Waals surface area contributed by atoms with Gasteiger partial charge in [0.25, 0.3) is 5.56 Å². The molecule has 0 radical (unpaired) electrons. The van der Waals surface area contributed by atoms with Crippen LogP contribution in [-0.2, 0) is 15.7 Å². The van der Waals surface area contributed by atoms with Crippen molar-refractivity contribution >= 4 is 22.6 Å². The van der Waals surface area contributed by atoms with Crippen LogP contribution >= 0.6 is 0 Å². The van der Waals surface area contributed by atoms with Crippen LogP contribution in [0.3, 0.4) is 0 Å². The minimum atomic E-state index is -4.56. The van der Waals surface area contributed by atoms with Crippen LogP contribution in [0.1, 0.15) is 5.56 Å². The Labute approximate surface area is 192 Å². The first-order valence-corrected chi connectivity index (χ1v) is 10.9. The van der Waals surface area contributed by atoms with Gasteiger partial charge in [-0.1, -0.05) is 24.3 Å². The first kappa shape index (κ1) is 22.4. The summed E-state index contributed by atoms with van der Waals surface area (Å²) in [6, 6.07) is 11.5. The maximum Gasteiger partial charge on any atom is 0.417 e. The number of nitrogens with one attached hydrogen (secondary N) is 1. The van der Waals surface area contributed by atoms with Gasteiger partial charge in [0.15, 0.2) is 0 Å². The van der Waals surface area contributed by atoms with Crippen molar-refractivity contribution in [2.75, 3.05) is 44.3 Å². The number of ether oxygens (including phenoxy) is 2. The summed E-state index contributed by atoms with van der Waals surface area (Å²) in [4.78, 5) is 31.5. The van der Waals surface area contributed by atoms with Crippen LogP contribution in [0.25, 0.3) is 22.0 Å². The second-order valence-corrected chi connectivity index (χ2v) is 8.36. The zero-order valence-corrected chi connectivity index (χ0v) is 18.1. The number of fused-ring (bicyclic) bond motifs is 1. The van der Waals surface area contributed by atoms with Gasteiger partial charge >= 0.3 is 12.3 Å². The fourth-order valence-electron chi connectivity index (χ4n) is 4.43. The third-order valence-electron chi connectivity index (χ3n) is 6.10. The van der Waals surface area contributed by atoms with Crippen LogP contribution in [0.2, 0.25) is 0 Å². The fourth-order valence-corrected chi connectivity index (χ4v) is 4.43. The third kappa shape index (κ3) is 4.38. The molecule has 7 nitrogen and oxygen atoms in total. The Bertz CT molecular complexity index is 1280. The number of rotatable bonds is 4. The number of halogens is 3. The predicted octanol–water partition coefficient (Wildman–Crippen LogP) is 3.87. The van der Waals surface area contributed by atoms with Gasteiger partial charge in [0, 0.05) is 42.0 Å². The predicted molar refractivity (Wildman–Crippen MR) is 120 cm³/mol. The number of alkyl halides is 3. The smallest absolute Gasteiger partial charge is 0.417 e. The van der Waals surface area contributed by atoms with Crippen LogP contribution < -0.4 is 10.5 Å². The quantitative estimate of drug-likeness (QED) is 0.623. The molecule has 1 N–H and O–H groups in total. The zero-order valence-electron chi connectivity index (χ0n) is 18.1. The molecular weight excluding hydrogens is 451 g/mol. The molecule has 3 heterocycles. The largest absolute Gasteiger partial charge is 0.443 e. The van der Waals surface area contributed by atoms with E-state index in [0.29, 0.717) is 37.4 Å². The molecule has 0 aliphatic carbocycles. The number of anilines is 1. The molecule has 3 aromatic rings. The lowest BCUT2D eigenvalue weighted by atomic mass is 10.0. The Balaban J connectivity index is 1.42. The first-order valence-electron chi connectivity index (χ1n) is 10.9. The van der Waals surface area contributed by atoms with Crippen molar-refractivity contribution in [3.63, 3.8) is 0 Å². The number of hydrogen-bond donors (Lipinski definition) is 1. The summed E-state index contributed by atoms with van der Waals surface area (Å²) >= 11 is 0. The second kappa shape index (κ2) is 8.77. The molecule has 2 saturated heterocycles.